The molecule has 13 heteroatoms. The summed E-state index contributed by atoms with van der Waals surface area (Å²) in [5, 5.41) is 20.3. The van der Waals surface area contributed by atoms with Crippen LogP contribution >= 0.6 is 35.0 Å². The van der Waals surface area contributed by atoms with E-state index < -0.39 is 5.91 Å². The number of carbonyl (C=O) groups is 1. The Morgan fingerprint density at radius 1 is 1.18 bits per heavy atom. The summed E-state index contributed by atoms with van der Waals surface area (Å²) in [6, 6.07) is 14.7. The first-order valence-corrected chi connectivity index (χ1v) is 11.2. The number of rotatable bonds is 7. The van der Waals surface area contributed by atoms with Crippen molar-refractivity contribution in [2.75, 3.05) is 5.73 Å². The van der Waals surface area contributed by atoms with Gasteiger partial charge in [0.05, 0.1) is 21.5 Å². The van der Waals surface area contributed by atoms with Crippen molar-refractivity contribution in [1.82, 2.24) is 30.7 Å². The molecule has 168 valence electrons. The predicted molar refractivity (Wildman–Crippen MR) is 126 cm³/mol. The summed E-state index contributed by atoms with van der Waals surface area (Å²) in [6.07, 6.45) is 0. The minimum absolute atomic E-state index is 0.0197. The molecule has 0 bridgehead atoms. The van der Waals surface area contributed by atoms with Crippen LogP contribution in [-0.2, 0) is 5.75 Å². The monoisotopic (exact) mass is 502 g/mol. The number of hydrazone groups is 1. The number of aromatic nitrogens is 5. The van der Waals surface area contributed by atoms with E-state index in [9.17, 15) is 4.79 Å². The molecule has 4 rings (SSSR count). The van der Waals surface area contributed by atoms with Crippen LogP contribution in [0.5, 0.6) is 0 Å². The van der Waals surface area contributed by atoms with Crippen LogP contribution in [0.1, 0.15) is 28.7 Å². The molecule has 2 heterocycles. The molecule has 0 saturated carbocycles. The molecule has 0 fully saturated rings. The smallest absolute Gasteiger partial charge is 0.293 e. The van der Waals surface area contributed by atoms with Crippen molar-refractivity contribution in [2.45, 2.75) is 17.6 Å². The zero-order chi connectivity index (χ0) is 23.4. The third-order valence-electron chi connectivity index (χ3n) is 4.46. The van der Waals surface area contributed by atoms with Crippen molar-refractivity contribution in [3.63, 3.8) is 0 Å². The number of nitrogens with zero attached hydrogens (tertiary/aromatic N) is 6. The number of amides is 1. The lowest BCUT2D eigenvalue weighted by atomic mass is 10.1. The Morgan fingerprint density at radius 3 is 2.67 bits per heavy atom. The van der Waals surface area contributed by atoms with E-state index in [-0.39, 0.29) is 17.3 Å². The molecule has 0 radical (unpaired) electrons. The Morgan fingerprint density at radius 2 is 1.97 bits per heavy atom. The standard InChI is InChI=1S/C20H16Cl2N8O2S/c1-11(12-7-8-14(21)15(22)9-12)24-26-20(31)17-16(10-33-13-5-3-2-4-6-13)30(29-25-17)19-18(23)27-32-28-19/h2-9H,10H2,1H3,(H2,23,27)(H,26,31)/b24-11+. The van der Waals surface area contributed by atoms with Gasteiger partial charge in [0.25, 0.3) is 5.91 Å². The third kappa shape index (κ3) is 5.16. The summed E-state index contributed by atoms with van der Waals surface area (Å²) in [4.78, 5) is 13.9. The molecule has 33 heavy (non-hydrogen) atoms. The molecule has 2 aromatic carbocycles. The van der Waals surface area contributed by atoms with E-state index in [1.54, 1.807) is 25.1 Å². The minimum Gasteiger partial charge on any atom is -0.378 e. The van der Waals surface area contributed by atoms with Gasteiger partial charge in [-0.15, -0.1) is 16.9 Å². The highest BCUT2D eigenvalue weighted by atomic mass is 35.5. The number of benzene rings is 2. The second-order valence-electron chi connectivity index (χ2n) is 6.64. The number of halogens is 2. The van der Waals surface area contributed by atoms with Crippen molar-refractivity contribution in [3.8, 4) is 5.82 Å². The zero-order valence-electron chi connectivity index (χ0n) is 17.1. The first-order valence-electron chi connectivity index (χ1n) is 9.45. The molecule has 3 N–H and O–H groups in total. The summed E-state index contributed by atoms with van der Waals surface area (Å²) in [7, 11) is 0. The van der Waals surface area contributed by atoms with Crippen LogP contribution in [0.15, 0.2) is 63.2 Å². The number of hydrogen-bond acceptors (Lipinski definition) is 9. The lowest BCUT2D eigenvalue weighted by Crippen LogP contribution is -2.21. The quantitative estimate of drug-likeness (QED) is 0.220. The second-order valence-corrected chi connectivity index (χ2v) is 8.50. The highest BCUT2D eigenvalue weighted by Gasteiger charge is 2.24. The molecule has 0 saturated heterocycles. The lowest BCUT2D eigenvalue weighted by molar-refractivity contribution is 0.0949. The number of thioether (sulfide) groups is 1. The molecule has 2 aromatic heterocycles. The van der Waals surface area contributed by atoms with E-state index in [2.05, 4.69) is 35.8 Å². The van der Waals surface area contributed by atoms with Gasteiger partial charge in [0.15, 0.2) is 5.69 Å². The number of carbonyl (C=O) groups excluding carboxylic acids is 1. The fraction of sp³-hybridized carbons (Fsp3) is 0.100. The van der Waals surface area contributed by atoms with Gasteiger partial charge in [0, 0.05) is 10.6 Å². The molecule has 0 unspecified atom stereocenters. The maximum Gasteiger partial charge on any atom is 0.293 e. The van der Waals surface area contributed by atoms with Gasteiger partial charge in [0.1, 0.15) is 0 Å². The lowest BCUT2D eigenvalue weighted by Gasteiger charge is -2.06. The van der Waals surface area contributed by atoms with Crippen molar-refractivity contribution in [1.29, 1.82) is 0 Å². The molecule has 0 aliphatic rings. The molecule has 0 atom stereocenters. The van der Waals surface area contributed by atoms with Gasteiger partial charge in [-0.25, -0.2) is 10.1 Å². The van der Waals surface area contributed by atoms with Crippen molar-refractivity contribution in [2.24, 2.45) is 5.10 Å². The molecular weight excluding hydrogens is 487 g/mol. The van der Waals surface area contributed by atoms with Gasteiger partial charge in [-0.2, -0.15) is 9.78 Å². The molecule has 0 aliphatic carbocycles. The summed E-state index contributed by atoms with van der Waals surface area (Å²) in [5.41, 5.74) is 10.1. The first kappa shape index (κ1) is 22.8. The summed E-state index contributed by atoms with van der Waals surface area (Å²) >= 11 is 13.5. The number of nitrogens with two attached hydrogens (primary N) is 1. The number of anilines is 1. The number of nitrogen functional groups attached to an aromatic ring is 1. The van der Waals surface area contributed by atoms with Crippen molar-refractivity contribution >= 4 is 52.4 Å². The van der Waals surface area contributed by atoms with E-state index in [4.69, 9.17) is 28.9 Å². The van der Waals surface area contributed by atoms with Crippen molar-refractivity contribution in [3.05, 3.63) is 75.5 Å². The summed E-state index contributed by atoms with van der Waals surface area (Å²) in [5.74, 6) is -0.0481. The van der Waals surface area contributed by atoms with E-state index in [1.807, 2.05) is 30.3 Å². The zero-order valence-corrected chi connectivity index (χ0v) is 19.4. The SMILES string of the molecule is C/C(=N\NC(=O)c1nnn(-c2nonc2N)c1CSc1ccccc1)c1ccc(Cl)c(Cl)c1. The Labute approximate surface area is 202 Å². The Kier molecular flexibility index (Phi) is 6.92. The van der Waals surface area contributed by atoms with Crippen LogP contribution in [0.2, 0.25) is 10.0 Å². The normalized spacial score (nSPS) is 11.5. The summed E-state index contributed by atoms with van der Waals surface area (Å²) in [6.45, 7) is 1.73. The van der Waals surface area contributed by atoms with E-state index in [1.165, 1.54) is 16.4 Å². The second kappa shape index (κ2) is 10.0. The molecule has 0 spiro atoms. The topological polar surface area (TPSA) is 137 Å². The van der Waals surface area contributed by atoms with Gasteiger partial charge in [-0.1, -0.05) is 52.7 Å². The van der Waals surface area contributed by atoms with Crippen LogP contribution in [0, 0.1) is 0 Å². The molecule has 4 aromatic rings. The fourth-order valence-corrected chi connectivity index (χ4v) is 3.97. The molecule has 1 amide bonds. The largest absolute Gasteiger partial charge is 0.378 e. The van der Waals surface area contributed by atoms with Gasteiger partial charge in [-0.3, -0.25) is 4.79 Å². The average Bonchev–Trinajstić information content (AvgIpc) is 3.43. The first-order chi connectivity index (χ1) is 15.9. The van der Waals surface area contributed by atoms with E-state index in [0.29, 0.717) is 32.8 Å². The fourth-order valence-electron chi connectivity index (χ4n) is 2.76. The van der Waals surface area contributed by atoms with Gasteiger partial charge < -0.3 is 5.73 Å². The average molecular weight is 503 g/mol. The van der Waals surface area contributed by atoms with Gasteiger partial charge in [0.2, 0.25) is 11.6 Å². The Bertz CT molecular complexity index is 1320. The van der Waals surface area contributed by atoms with Gasteiger partial charge in [-0.05, 0) is 47.1 Å². The van der Waals surface area contributed by atoms with Crippen LogP contribution < -0.4 is 11.2 Å². The van der Waals surface area contributed by atoms with Crippen LogP contribution in [0.25, 0.3) is 5.82 Å². The maximum atomic E-state index is 12.9. The van der Waals surface area contributed by atoms with E-state index in [0.717, 1.165) is 4.90 Å². The third-order valence-corrected chi connectivity index (χ3v) is 6.22. The number of nitrogens with one attached hydrogen (secondary N) is 1. The van der Waals surface area contributed by atoms with E-state index >= 15 is 0 Å². The predicted octanol–water partition coefficient (Wildman–Crippen LogP) is 3.99. The minimum atomic E-state index is -0.556. The van der Waals surface area contributed by atoms with Crippen LogP contribution in [0.4, 0.5) is 5.82 Å². The van der Waals surface area contributed by atoms with Gasteiger partial charge >= 0.3 is 0 Å². The van der Waals surface area contributed by atoms with Crippen LogP contribution in [0.3, 0.4) is 0 Å². The van der Waals surface area contributed by atoms with Crippen molar-refractivity contribution < 1.29 is 9.42 Å². The molecule has 0 aliphatic heterocycles. The highest BCUT2D eigenvalue weighted by Crippen LogP contribution is 2.26. The Hall–Kier alpha value is -3.41. The maximum absolute atomic E-state index is 12.9. The van der Waals surface area contributed by atoms with Crippen LogP contribution in [-0.4, -0.2) is 36.9 Å². The number of hydrogen-bond donors (Lipinski definition) is 2. The molecular formula is C20H16Cl2N8O2S. The highest BCUT2D eigenvalue weighted by molar-refractivity contribution is 7.98. The Balaban J connectivity index is 1.60. The molecule has 10 nitrogen and oxygen atoms in total. The summed E-state index contributed by atoms with van der Waals surface area (Å²) < 4.78 is 6.00.